The fraction of sp³-hybridized carbons (Fsp3) is 0.467. The van der Waals surface area contributed by atoms with E-state index < -0.39 is 0 Å². The molecule has 5 nitrogen and oxygen atoms in total. The fourth-order valence-corrected chi connectivity index (χ4v) is 3.27. The zero-order valence-electron chi connectivity index (χ0n) is 12.1. The summed E-state index contributed by atoms with van der Waals surface area (Å²) in [4.78, 5) is 12.0. The molecule has 1 atom stereocenters. The van der Waals surface area contributed by atoms with E-state index >= 15 is 0 Å². The van der Waals surface area contributed by atoms with Crippen LogP contribution in [-0.2, 0) is 11.3 Å². The van der Waals surface area contributed by atoms with Gasteiger partial charge < -0.3 is 9.47 Å². The normalized spacial score (nSPS) is 19.6. The molecule has 1 unspecified atom stereocenters. The number of rotatable bonds is 5. The molecular weight excluding hydrogens is 286 g/mol. The number of aryl methyl sites for hydroxylation is 1. The Morgan fingerprint density at radius 2 is 2.29 bits per heavy atom. The Labute approximate surface area is 128 Å². The minimum absolute atomic E-state index is 0.0721. The van der Waals surface area contributed by atoms with Crippen LogP contribution in [0.25, 0.3) is 0 Å². The van der Waals surface area contributed by atoms with E-state index in [4.69, 9.17) is 9.47 Å². The van der Waals surface area contributed by atoms with Crippen LogP contribution in [0.1, 0.15) is 10.4 Å². The zero-order valence-corrected chi connectivity index (χ0v) is 12.9. The van der Waals surface area contributed by atoms with Gasteiger partial charge in [0.1, 0.15) is 12.7 Å². The average Bonchev–Trinajstić information content (AvgIpc) is 2.92. The van der Waals surface area contributed by atoms with Crippen LogP contribution in [0.5, 0.6) is 6.01 Å². The second-order valence-corrected chi connectivity index (χ2v) is 6.10. The molecule has 2 aromatic heterocycles. The lowest BCUT2D eigenvalue weighted by atomic mass is 10.2. The molecule has 1 saturated heterocycles. The lowest BCUT2D eigenvalue weighted by Gasteiger charge is -2.32. The van der Waals surface area contributed by atoms with Crippen molar-refractivity contribution < 1.29 is 9.47 Å². The number of aromatic nitrogens is 2. The highest BCUT2D eigenvalue weighted by molar-refractivity contribution is 7.10. The van der Waals surface area contributed by atoms with Gasteiger partial charge in [-0.3, -0.25) is 4.90 Å². The van der Waals surface area contributed by atoms with Crippen molar-refractivity contribution in [1.82, 2.24) is 14.9 Å². The van der Waals surface area contributed by atoms with E-state index in [-0.39, 0.29) is 6.10 Å². The average molecular weight is 305 g/mol. The van der Waals surface area contributed by atoms with Gasteiger partial charge in [-0.15, -0.1) is 11.3 Å². The Morgan fingerprint density at radius 3 is 3.05 bits per heavy atom. The minimum Gasteiger partial charge on any atom is -0.461 e. The van der Waals surface area contributed by atoms with Gasteiger partial charge in [-0.25, -0.2) is 9.97 Å². The van der Waals surface area contributed by atoms with Crippen molar-refractivity contribution >= 4 is 11.3 Å². The van der Waals surface area contributed by atoms with E-state index in [1.165, 1.54) is 10.4 Å². The predicted molar refractivity (Wildman–Crippen MR) is 81.6 cm³/mol. The molecule has 2 aromatic rings. The summed E-state index contributed by atoms with van der Waals surface area (Å²) in [7, 11) is 0. The van der Waals surface area contributed by atoms with Gasteiger partial charge in [-0.05, 0) is 30.0 Å². The molecule has 1 fully saturated rings. The quantitative estimate of drug-likeness (QED) is 0.847. The summed E-state index contributed by atoms with van der Waals surface area (Å²) in [5, 5.41) is 2.15. The van der Waals surface area contributed by atoms with Crippen molar-refractivity contribution in [1.29, 1.82) is 0 Å². The van der Waals surface area contributed by atoms with Crippen LogP contribution in [0, 0.1) is 6.92 Å². The van der Waals surface area contributed by atoms with Crippen LogP contribution in [0.3, 0.4) is 0 Å². The molecule has 0 saturated carbocycles. The third-order valence-electron chi connectivity index (χ3n) is 3.50. The van der Waals surface area contributed by atoms with Crippen LogP contribution >= 0.6 is 11.3 Å². The monoisotopic (exact) mass is 305 g/mol. The minimum atomic E-state index is 0.0721. The van der Waals surface area contributed by atoms with E-state index in [9.17, 15) is 0 Å². The molecule has 1 aliphatic heterocycles. The first-order chi connectivity index (χ1) is 10.3. The number of hydrogen-bond donors (Lipinski definition) is 0. The maximum Gasteiger partial charge on any atom is 0.316 e. The Kier molecular flexibility index (Phi) is 4.80. The third-order valence-corrected chi connectivity index (χ3v) is 4.51. The maximum absolute atomic E-state index is 5.76. The Hall–Kier alpha value is -1.50. The van der Waals surface area contributed by atoms with Gasteiger partial charge in [0.25, 0.3) is 0 Å². The number of hydrogen-bond acceptors (Lipinski definition) is 6. The van der Waals surface area contributed by atoms with E-state index in [1.807, 2.05) is 11.3 Å². The lowest BCUT2D eigenvalue weighted by Crippen LogP contribution is -2.44. The van der Waals surface area contributed by atoms with Crippen molar-refractivity contribution in [3.63, 3.8) is 0 Å². The van der Waals surface area contributed by atoms with Crippen LogP contribution in [0.15, 0.2) is 29.9 Å². The summed E-state index contributed by atoms with van der Waals surface area (Å²) < 4.78 is 11.3. The van der Waals surface area contributed by atoms with Crippen molar-refractivity contribution in [2.24, 2.45) is 0 Å². The molecule has 0 aliphatic carbocycles. The molecule has 0 amide bonds. The smallest absolute Gasteiger partial charge is 0.316 e. The van der Waals surface area contributed by atoms with Crippen molar-refractivity contribution in [2.45, 2.75) is 19.6 Å². The van der Waals surface area contributed by atoms with Gasteiger partial charge in [0.2, 0.25) is 0 Å². The molecular formula is C15H19N3O2S. The SMILES string of the molecule is Cc1ccsc1CN1CCOC(COc2ncccn2)C1. The Balaban J connectivity index is 1.50. The molecule has 3 rings (SSSR count). The highest BCUT2D eigenvalue weighted by Crippen LogP contribution is 2.19. The standard InChI is InChI=1S/C15H19N3O2S/c1-12-3-8-21-14(12)10-18-6-7-19-13(9-18)11-20-15-16-4-2-5-17-15/h2-5,8,13H,6-7,9-11H2,1H3. The predicted octanol–water partition coefficient (Wildman–Crippen LogP) is 2.13. The van der Waals surface area contributed by atoms with Crippen LogP contribution < -0.4 is 4.74 Å². The van der Waals surface area contributed by atoms with Gasteiger partial charge >= 0.3 is 6.01 Å². The highest BCUT2D eigenvalue weighted by atomic mass is 32.1. The summed E-state index contributed by atoms with van der Waals surface area (Å²) in [5.74, 6) is 0. The Morgan fingerprint density at radius 1 is 1.43 bits per heavy atom. The second kappa shape index (κ2) is 6.98. The molecule has 21 heavy (non-hydrogen) atoms. The Bertz CT molecular complexity index is 561. The molecule has 112 valence electrons. The van der Waals surface area contributed by atoms with Crippen LogP contribution in [-0.4, -0.2) is 47.3 Å². The fourth-order valence-electron chi connectivity index (χ4n) is 2.32. The third kappa shape index (κ3) is 4.00. The molecule has 6 heteroatoms. The first kappa shape index (κ1) is 14.4. The summed E-state index contributed by atoms with van der Waals surface area (Å²) >= 11 is 1.82. The molecule has 0 bridgehead atoms. The first-order valence-corrected chi connectivity index (χ1v) is 7.96. The van der Waals surface area contributed by atoms with Crippen molar-refractivity contribution in [2.75, 3.05) is 26.3 Å². The summed E-state index contributed by atoms with van der Waals surface area (Å²) in [5.41, 5.74) is 1.37. The zero-order chi connectivity index (χ0) is 14.5. The molecule has 3 heterocycles. The van der Waals surface area contributed by atoms with Crippen LogP contribution in [0.2, 0.25) is 0 Å². The van der Waals surface area contributed by atoms with E-state index in [2.05, 4.69) is 33.2 Å². The molecule has 0 radical (unpaired) electrons. The van der Waals surface area contributed by atoms with Gasteiger partial charge in [0.15, 0.2) is 0 Å². The van der Waals surface area contributed by atoms with Crippen molar-refractivity contribution in [3.8, 4) is 6.01 Å². The van der Waals surface area contributed by atoms with Gasteiger partial charge in [-0.1, -0.05) is 0 Å². The van der Waals surface area contributed by atoms with E-state index in [1.54, 1.807) is 18.5 Å². The molecule has 0 spiro atoms. The largest absolute Gasteiger partial charge is 0.461 e. The second-order valence-electron chi connectivity index (χ2n) is 5.10. The summed E-state index contributed by atoms with van der Waals surface area (Å²) in [6, 6.07) is 4.36. The van der Waals surface area contributed by atoms with E-state index in [0.29, 0.717) is 12.6 Å². The first-order valence-electron chi connectivity index (χ1n) is 7.08. The van der Waals surface area contributed by atoms with E-state index in [0.717, 1.165) is 26.2 Å². The molecule has 0 N–H and O–H groups in total. The maximum atomic E-state index is 5.76. The number of nitrogens with zero attached hydrogens (tertiary/aromatic N) is 3. The van der Waals surface area contributed by atoms with Crippen LogP contribution in [0.4, 0.5) is 0 Å². The summed E-state index contributed by atoms with van der Waals surface area (Å²) in [6.07, 6.45) is 3.43. The summed E-state index contributed by atoms with van der Waals surface area (Å²) in [6.45, 7) is 6.24. The van der Waals surface area contributed by atoms with Gasteiger partial charge in [0, 0.05) is 36.9 Å². The van der Waals surface area contributed by atoms with Gasteiger partial charge in [0.05, 0.1) is 6.61 Å². The molecule has 1 aliphatic rings. The number of ether oxygens (including phenoxy) is 2. The lowest BCUT2D eigenvalue weighted by molar-refractivity contribution is -0.0514. The number of thiophene rings is 1. The van der Waals surface area contributed by atoms with Crippen molar-refractivity contribution in [3.05, 3.63) is 40.3 Å². The highest BCUT2D eigenvalue weighted by Gasteiger charge is 2.22. The topological polar surface area (TPSA) is 47.5 Å². The molecule has 0 aromatic carbocycles. The number of morpholine rings is 1. The van der Waals surface area contributed by atoms with Gasteiger partial charge in [-0.2, -0.15) is 0 Å².